The van der Waals surface area contributed by atoms with Gasteiger partial charge in [-0.15, -0.1) is 10.2 Å². The Balaban J connectivity index is 1.78. The molecule has 0 aliphatic heterocycles. The predicted octanol–water partition coefficient (Wildman–Crippen LogP) is 5.62. The molecule has 0 aliphatic rings. The number of hydrogen-bond acceptors (Lipinski definition) is 4. The van der Waals surface area contributed by atoms with E-state index in [1.807, 2.05) is 0 Å². The fraction of sp³-hybridized carbons (Fsp3) is 0.238. The van der Waals surface area contributed by atoms with Crippen molar-refractivity contribution in [2.75, 3.05) is 0 Å². The lowest BCUT2D eigenvalue weighted by molar-refractivity contribution is -0.146. The molecule has 0 fully saturated rings. The summed E-state index contributed by atoms with van der Waals surface area (Å²) in [5, 5.41) is 8.22. The van der Waals surface area contributed by atoms with Crippen LogP contribution in [0.1, 0.15) is 18.1 Å². The molecule has 4 aromatic rings. The summed E-state index contributed by atoms with van der Waals surface area (Å²) in [5.41, 5.74) is -0.801. The van der Waals surface area contributed by atoms with Gasteiger partial charge in [-0.1, -0.05) is 35.3 Å². The standard InChI is InChI=1S/C21H14Cl2F6N6O/c22-13-7-5-12(6-8-13)17-32-34(19(36)33(17)10-9-20(24,25)26)11-16-30-18(21(27,28)29)35(31-16)15-4-2-1-3-14(15)23/h1-8H,9-11H2. The van der Waals surface area contributed by atoms with Crippen molar-refractivity contribution in [3.8, 4) is 17.1 Å². The highest BCUT2D eigenvalue weighted by atomic mass is 35.5. The summed E-state index contributed by atoms with van der Waals surface area (Å²) >= 11 is 11.9. The van der Waals surface area contributed by atoms with Crippen LogP contribution in [0.4, 0.5) is 26.3 Å². The van der Waals surface area contributed by atoms with Crippen molar-refractivity contribution < 1.29 is 26.3 Å². The number of hydrogen-bond donors (Lipinski definition) is 0. The molecule has 0 N–H and O–H groups in total. The van der Waals surface area contributed by atoms with Crippen LogP contribution in [-0.4, -0.2) is 35.3 Å². The molecule has 0 saturated heterocycles. The van der Waals surface area contributed by atoms with Gasteiger partial charge in [-0.3, -0.25) is 4.57 Å². The Morgan fingerprint density at radius 2 is 1.56 bits per heavy atom. The maximum atomic E-state index is 13.7. The molecule has 0 amide bonds. The third-order valence-corrected chi connectivity index (χ3v) is 5.49. The first-order chi connectivity index (χ1) is 16.8. The van der Waals surface area contributed by atoms with Crippen molar-refractivity contribution in [2.45, 2.75) is 31.9 Å². The minimum Gasteiger partial charge on any atom is -0.275 e. The van der Waals surface area contributed by atoms with Gasteiger partial charge in [0.2, 0.25) is 5.82 Å². The van der Waals surface area contributed by atoms with Crippen LogP contribution in [0.15, 0.2) is 53.3 Å². The van der Waals surface area contributed by atoms with Crippen LogP contribution in [0.3, 0.4) is 0 Å². The molecule has 0 unspecified atom stereocenters. The summed E-state index contributed by atoms with van der Waals surface area (Å²) in [4.78, 5) is 16.4. The van der Waals surface area contributed by atoms with Crippen molar-refractivity contribution in [3.63, 3.8) is 0 Å². The molecule has 0 radical (unpaired) electrons. The Morgan fingerprint density at radius 1 is 0.889 bits per heavy atom. The van der Waals surface area contributed by atoms with E-state index in [0.717, 1.165) is 4.57 Å². The van der Waals surface area contributed by atoms with E-state index in [9.17, 15) is 31.1 Å². The molecule has 2 aromatic carbocycles. The monoisotopic (exact) mass is 550 g/mol. The van der Waals surface area contributed by atoms with Crippen molar-refractivity contribution in [1.29, 1.82) is 0 Å². The lowest BCUT2D eigenvalue weighted by atomic mass is 10.2. The molecular weight excluding hydrogens is 537 g/mol. The predicted molar refractivity (Wildman–Crippen MR) is 118 cm³/mol. The number of alkyl halides is 6. The summed E-state index contributed by atoms with van der Waals surface area (Å²) in [6.45, 7) is -1.39. The zero-order valence-electron chi connectivity index (χ0n) is 17.9. The molecule has 2 heterocycles. The zero-order chi connectivity index (χ0) is 26.3. The van der Waals surface area contributed by atoms with Gasteiger partial charge in [0.1, 0.15) is 6.54 Å². The maximum absolute atomic E-state index is 13.7. The van der Waals surface area contributed by atoms with Crippen LogP contribution in [-0.2, 0) is 19.3 Å². The Morgan fingerprint density at radius 3 is 2.17 bits per heavy atom. The van der Waals surface area contributed by atoms with Crippen LogP contribution in [0.25, 0.3) is 17.1 Å². The normalized spacial score (nSPS) is 12.3. The second-order valence-corrected chi connectivity index (χ2v) is 8.34. The van der Waals surface area contributed by atoms with Crippen molar-refractivity contribution >= 4 is 23.2 Å². The van der Waals surface area contributed by atoms with Crippen LogP contribution in [0, 0.1) is 0 Å². The molecule has 0 bridgehead atoms. The van der Waals surface area contributed by atoms with Gasteiger partial charge in [-0.05, 0) is 36.4 Å². The van der Waals surface area contributed by atoms with Crippen molar-refractivity contribution in [1.82, 2.24) is 29.1 Å². The largest absolute Gasteiger partial charge is 0.451 e. The maximum Gasteiger partial charge on any atom is 0.451 e. The molecule has 4 rings (SSSR count). The van der Waals surface area contributed by atoms with E-state index in [2.05, 4.69) is 15.2 Å². The minimum absolute atomic E-state index is 0.0296. The van der Waals surface area contributed by atoms with Crippen LogP contribution in [0.2, 0.25) is 10.0 Å². The van der Waals surface area contributed by atoms with Gasteiger partial charge in [0.05, 0.1) is 17.1 Å². The summed E-state index contributed by atoms with van der Waals surface area (Å²) in [6, 6.07) is 11.4. The number of halogens is 8. The Bertz CT molecular complexity index is 1440. The average molecular weight is 551 g/mol. The molecule has 190 valence electrons. The Kier molecular flexibility index (Phi) is 6.88. The fourth-order valence-electron chi connectivity index (χ4n) is 3.33. The van der Waals surface area contributed by atoms with Crippen LogP contribution in [0.5, 0.6) is 0 Å². The van der Waals surface area contributed by atoms with E-state index in [-0.39, 0.29) is 22.1 Å². The molecule has 2 aromatic heterocycles. The Labute approximate surface area is 208 Å². The lowest BCUT2D eigenvalue weighted by Gasteiger charge is -2.09. The Hall–Kier alpha value is -3.32. The number of benzene rings is 2. The van der Waals surface area contributed by atoms with Gasteiger partial charge in [-0.2, -0.15) is 26.3 Å². The first kappa shape index (κ1) is 25.8. The SMILES string of the molecule is O=c1n(Cc2nc(C(F)(F)F)n(-c3ccccc3Cl)n2)nc(-c2ccc(Cl)cc2)n1CCC(F)(F)F. The van der Waals surface area contributed by atoms with Crippen LogP contribution < -0.4 is 5.69 Å². The van der Waals surface area contributed by atoms with E-state index in [4.69, 9.17) is 23.2 Å². The first-order valence-corrected chi connectivity index (χ1v) is 10.9. The van der Waals surface area contributed by atoms with E-state index >= 15 is 0 Å². The number of para-hydroxylation sites is 1. The van der Waals surface area contributed by atoms with E-state index < -0.39 is 49.2 Å². The minimum atomic E-state index is -4.92. The quantitative estimate of drug-likeness (QED) is 0.292. The van der Waals surface area contributed by atoms with Crippen molar-refractivity contribution in [2.24, 2.45) is 0 Å². The summed E-state index contributed by atoms with van der Waals surface area (Å²) < 4.78 is 81.6. The van der Waals surface area contributed by atoms with Gasteiger partial charge in [0.15, 0.2) is 11.6 Å². The summed E-state index contributed by atoms with van der Waals surface area (Å²) in [6.07, 6.45) is -10.8. The molecule has 7 nitrogen and oxygen atoms in total. The van der Waals surface area contributed by atoms with Gasteiger partial charge in [0, 0.05) is 17.1 Å². The highest BCUT2D eigenvalue weighted by molar-refractivity contribution is 6.32. The zero-order valence-corrected chi connectivity index (χ0v) is 19.4. The van der Waals surface area contributed by atoms with Crippen molar-refractivity contribution in [3.05, 3.63) is 80.7 Å². The third kappa shape index (κ3) is 5.57. The second-order valence-electron chi connectivity index (χ2n) is 7.50. The van der Waals surface area contributed by atoms with Gasteiger partial charge >= 0.3 is 18.0 Å². The molecule has 0 saturated carbocycles. The first-order valence-electron chi connectivity index (χ1n) is 10.1. The lowest BCUT2D eigenvalue weighted by Crippen LogP contribution is -2.27. The highest BCUT2D eigenvalue weighted by Gasteiger charge is 2.39. The van der Waals surface area contributed by atoms with Gasteiger partial charge in [-0.25, -0.2) is 19.1 Å². The van der Waals surface area contributed by atoms with Crippen LogP contribution >= 0.6 is 23.2 Å². The molecule has 0 atom stereocenters. The molecule has 36 heavy (non-hydrogen) atoms. The number of rotatable bonds is 6. The second kappa shape index (κ2) is 9.62. The van der Waals surface area contributed by atoms with Gasteiger partial charge in [0.25, 0.3) is 0 Å². The summed E-state index contributed by atoms with van der Waals surface area (Å²) in [5.74, 6) is -1.97. The molecule has 0 aliphatic carbocycles. The number of aromatic nitrogens is 6. The van der Waals surface area contributed by atoms with E-state index in [1.165, 1.54) is 48.5 Å². The number of nitrogens with zero attached hydrogens (tertiary/aromatic N) is 6. The smallest absolute Gasteiger partial charge is 0.275 e. The molecular formula is C21H14Cl2F6N6O. The van der Waals surface area contributed by atoms with Gasteiger partial charge < -0.3 is 0 Å². The van der Waals surface area contributed by atoms with E-state index in [0.29, 0.717) is 14.4 Å². The average Bonchev–Trinajstić information content (AvgIpc) is 3.34. The summed E-state index contributed by atoms with van der Waals surface area (Å²) in [7, 11) is 0. The van der Waals surface area contributed by atoms with E-state index in [1.54, 1.807) is 0 Å². The molecule has 15 heteroatoms. The fourth-order valence-corrected chi connectivity index (χ4v) is 3.67. The highest BCUT2D eigenvalue weighted by Crippen LogP contribution is 2.31. The topological polar surface area (TPSA) is 70.5 Å². The third-order valence-electron chi connectivity index (χ3n) is 4.92. The molecule has 0 spiro atoms.